The fraction of sp³-hybridized carbons (Fsp3) is 0.950. The third kappa shape index (κ3) is 32.1. The molecular formula is C40H82N4O3S. The fourth-order valence-electron chi connectivity index (χ4n) is 6.27. The molecule has 0 aromatic carbocycles. The lowest BCUT2D eigenvalue weighted by molar-refractivity contribution is -0.150. The Labute approximate surface area is 302 Å². The van der Waals surface area contributed by atoms with Crippen molar-refractivity contribution in [1.29, 1.82) is 0 Å². The molecule has 7 nitrogen and oxygen atoms in total. The first-order chi connectivity index (χ1) is 23.3. The van der Waals surface area contributed by atoms with Gasteiger partial charge in [-0.3, -0.25) is 14.5 Å². The van der Waals surface area contributed by atoms with Gasteiger partial charge in [0, 0.05) is 33.3 Å². The highest BCUT2D eigenvalue weighted by Crippen LogP contribution is 2.18. The molecule has 0 rings (SSSR count). The lowest BCUT2D eigenvalue weighted by Gasteiger charge is -2.22. The lowest BCUT2D eigenvalue weighted by Crippen LogP contribution is -2.37. The zero-order chi connectivity index (χ0) is 35.5. The van der Waals surface area contributed by atoms with Gasteiger partial charge in [-0.15, -0.1) is 0 Å². The van der Waals surface area contributed by atoms with Crippen LogP contribution in [0.15, 0.2) is 4.99 Å². The van der Waals surface area contributed by atoms with Crippen LogP contribution in [0.2, 0.25) is 0 Å². The highest BCUT2D eigenvalue weighted by molar-refractivity contribution is 7.82. The number of esters is 1. The minimum atomic E-state index is -1.12. The normalized spacial score (nSPS) is 12.6. The second kappa shape index (κ2) is 35.7. The summed E-state index contributed by atoms with van der Waals surface area (Å²) >= 11 is 0. The first-order valence-corrected chi connectivity index (χ1v) is 22.1. The van der Waals surface area contributed by atoms with Gasteiger partial charge in [0.1, 0.15) is 17.1 Å². The summed E-state index contributed by atoms with van der Waals surface area (Å²) in [6.07, 6.45) is 34.5. The van der Waals surface area contributed by atoms with E-state index in [1.807, 2.05) is 19.0 Å². The number of carbonyl (C=O) groups excluding carboxylic acids is 1. The summed E-state index contributed by atoms with van der Waals surface area (Å²) in [7, 11) is 2.74. The van der Waals surface area contributed by atoms with Gasteiger partial charge < -0.3 is 14.5 Å². The van der Waals surface area contributed by atoms with E-state index < -0.39 is 11.0 Å². The first kappa shape index (κ1) is 46.9. The summed E-state index contributed by atoms with van der Waals surface area (Å²) in [4.78, 5) is 21.9. The Hall–Kier alpha value is -1.15. The van der Waals surface area contributed by atoms with E-state index in [0.29, 0.717) is 12.4 Å². The van der Waals surface area contributed by atoms with E-state index in [0.717, 1.165) is 58.3 Å². The van der Waals surface area contributed by atoms with Crippen LogP contribution in [-0.4, -0.2) is 78.6 Å². The third-order valence-corrected chi connectivity index (χ3v) is 9.76. The van der Waals surface area contributed by atoms with Gasteiger partial charge in [0.25, 0.3) is 0 Å². The summed E-state index contributed by atoms with van der Waals surface area (Å²) in [5.41, 5.74) is 0. The van der Waals surface area contributed by atoms with Gasteiger partial charge in [0.2, 0.25) is 5.96 Å². The van der Waals surface area contributed by atoms with E-state index in [2.05, 4.69) is 35.4 Å². The zero-order valence-electron chi connectivity index (χ0n) is 33.0. The number of hydrogen-bond acceptors (Lipinski definition) is 5. The minimum Gasteiger partial charge on any atom is -0.462 e. The molecule has 1 N–H and O–H groups in total. The molecule has 0 radical (unpaired) electrons. The smallest absolute Gasteiger partial charge is 0.306 e. The molecule has 0 saturated heterocycles. The maximum atomic E-state index is 12.8. The SMILES string of the molecule is CCCCCCCCC(CCCCCCCC)OC(=O)CCCCCCCN(CCCCCCCC)CCCN=C(NS(C)=O)N(C)C. The van der Waals surface area contributed by atoms with Gasteiger partial charge in [-0.25, -0.2) is 4.21 Å². The molecule has 0 spiro atoms. The van der Waals surface area contributed by atoms with E-state index >= 15 is 0 Å². The minimum absolute atomic E-state index is 0.0301. The van der Waals surface area contributed by atoms with Crippen molar-refractivity contribution in [2.75, 3.05) is 46.5 Å². The Morgan fingerprint density at radius 3 is 1.50 bits per heavy atom. The van der Waals surface area contributed by atoms with E-state index in [-0.39, 0.29) is 12.1 Å². The lowest BCUT2D eigenvalue weighted by atomic mass is 10.0. The van der Waals surface area contributed by atoms with Crippen molar-refractivity contribution in [3.8, 4) is 0 Å². The monoisotopic (exact) mass is 699 g/mol. The van der Waals surface area contributed by atoms with Crippen molar-refractivity contribution >= 4 is 22.9 Å². The summed E-state index contributed by atoms with van der Waals surface area (Å²) in [5, 5.41) is 0. The van der Waals surface area contributed by atoms with Gasteiger partial charge in [-0.1, -0.05) is 136 Å². The van der Waals surface area contributed by atoms with E-state index in [4.69, 9.17) is 4.74 Å². The van der Waals surface area contributed by atoms with Crippen molar-refractivity contribution in [2.24, 2.45) is 4.99 Å². The van der Waals surface area contributed by atoms with Crippen LogP contribution >= 0.6 is 0 Å². The third-order valence-electron chi connectivity index (χ3n) is 9.29. The second-order valence-electron chi connectivity index (χ2n) is 14.4. The van der Waals surface area contributed by atoms with Crippen molar-refractivity contribution in [1.82, 2.24) is 14.5 Å². The van der Waals surface area contributed by atoms with Crippen LogP contribution in [0, 0.1) is 0 Å². The predicted octanol–water partition coefficient (Wildman–Crippen LogP) is 10.6. The number of carbonyl (C=O) groups is 1. The van der Waals surface area contributed by atoms with E-state index in [1.54, 1.807) is 6.26 Å². The zero-order valence-corrected chi connectivity index (χ0v) is 33.8. The average molecular weight is 699 g/mol. The van der Waals surface area contributed by atoms with Crippen molar-refractivity contribution in [3.63, 3.8) is 0 Å². The largest absolute Gasteiger partial charge is 0.462 e. The summed E-state index contributed by atoms with van der Waals surface area (Å²) in [6, 6.07) is 0. The van der Waals surface area contributed by atoms with Crippen LogP contribution in [0.5, 0.6) is 0 Å². The highest BCUT2D eigenvalue weighted by Gasteiger charge is 2.14. The van der Waals surface area contributed by atoms with Crippen LogP contribution in [0.25, 0.3) is 0 Å². The van der Waals surface area contributed by atoms with Crippen LogP contribution < -0.4 is 4.72 Å². The maximum Gasteiger partial charge on any atom is 0.306 e. The molecule has 48 heavy (non-hydrogen) atoms. The van der Waals surface area contributed by atoms with Gasteiger partial charge in [0.15, 0.2) is 0 Å². The van der Waals surface area contributed by atoms with E-state index in [9.17, 15) is 9.00 Å². The Balaban J connectivity index is 4.49. The predicted molar refractivity (Wildman–Crippen MR) is 211 cm³/mol. The number of ether oxygens (including phenoxy) is 1. The first-order valence-electron chi connectivity index (χ1n) is 20.6. The number of hydrogen-bond donors (Lipinski definition) is 1. The molecule has 1 unspecified atom stereocenters. The molecule has 0 fully saturated rings. The highest BCUT2D eigenvalue weighted by atomic mass is 32.2. The Kier molecular flexibility index (Phi) is 34.8. The number of nitrogens with one attached hydrogen (secondary N) is 1. The molecular weight excluding hydrogens is 617 g/mol. The molecule has 1 atom stereocenters. The van der Waals surface area contributed by atoms with Crippen molar-refractivity contribution in [2.45, 2.75) is 200 Å². The van der Waals surface area contributed by atoms with Crippen LogP contribution in [-0.2, 0) is 20.5 Å². The molecule has 0 saturated carbocycles. The van der Waals surface area contributed by atoms with Crippen molar-refractivity contribution < 1.29 is 13.7 Å². The molecule has 0 aliphatic rings. The Morgan fingerprint density at radius 1 is 0.625 bits per heavy atom. The Bertz CT molecular complexity index is 749. The molecule has 286 valence electrons. The van der Waals surface area contributed by atoms with Crippen molar-refractivity contribution in [3.05, 3.63) is 0 Å². The van der Waals surface area contributed by atoms with Crippen LogP contribution in [0.3, 0.4) is 0 Å². The number of rotatable bonds is 35. The summed E-state index contributed by atoms with van der Waals surface area (Å²) in [5.74, 6) is 0.718. The molecule has 0 aliphatic heterocycles. The summed E-state index contributed by atoms with van der Waals surface area (Å²) < 4.78 is 20.6. The maximum absolute atomic E-state index is 12.8. The molecule has 0 aromatic rings. The number of unbranched alkanes of at least 4 members (excludes halogenated alkanes) is 19. The second-order valence-corrected chi connectivity index (χ2v) is 15.5. The topological polar surface area (TPSA) is 74.2 Å². The number of guanidine groups is 1. The van der Waals surface area contributed by atoms with E-state index in [1.165, 1.54) is 135 Å². The fourth-order valence-corrected chi connectivity index (χ4v) is 6.77. The molecule has 0 amide bonds. The standard InChI is InChI=1S/C40H82N4O3S/c1-7-10-13-16-20-25-31-38(32-26-21-17-14-11-8-2)47-39(45)33-27-22-19-24-29-36-44(35-28-23-18-15-12-9-3)37-30-34-41-40(43(4)5)42-48(6)46/h38H,7-37H2,1-6H3,(H,41,42). The average Bonchev–Trinajstić information content (AvgIpc) is 3.05. The Morgan fingerprint density at radius 2 is 1.04 bits per heavy atom. The van der Waals surface area contributed by atoms with Crippen LogP contribution in [0.1, 0.15) is 194 Å². The van der Waals surface area contributed by atoms with Gasteiger partial charge >= 0.3 is 5.97 Å². The molecule has 0 aliphatic carbocycles. The van der Waals surface area contributed by atoms with Gasteiger partial charge in [-0.2, -0.15) is 0 Å². The molecule has 0 heterocycles. The quantitative estimate of drug-likeness (QED) is 0.0309. The molecule has 0 aromatic heterocycles. The molecule has 0 bridgehead atoms. The van der Waals surface area contributed by atoms with Gasteiger partial charge in [0.05, 0.1) is 0 Å². The molecule has 8 heteroatoms. The van der Waals surface area contributed by atoms with Crippen LogP contribution in [0.4, 0.5) is 0 Å². The van der Waals surface area contributed by atoms with Gasteiger partial charge in [-0.05, 0) is 71.0 Å². The summed E-state index contributed by atoms with van der Waals surface area (Å²) in [6.45, 7) is 10.9. The number of aliphatic imine (C=N–C) groups is 1. The number of nitrogens with zero attached hydrogens (tertiary/aromatic N) is 3.